The molecular weight excluding hydrogens is 214 g/mol. The van der Waals surface area contributed by atoms with Crippen LogP contribution in [0.1, 0.15) is 19.7 Å². The van der Waals surface area contributed by atoms with Crippen molar-refractivity contribution in [2.75, 3.05) is 23.7 Å². The summed E-state index contributed by atoms with van der Waals surface area (Å²) in [6, 6.07) is 1.63. The molecule has 0 aliphatic carbocycles. The molecular formula is C10H16F2N4. The fourth-order valence-corrected chi connectivity index (χ4v) is 1.20. The van der Waals surface area contributed by atoms with Crippen LogP contribution < -0.4 is 10.6 Å². The zero-order valence-electron chi connectivity index (χ0n) is 9.43. The van der Waals surface area contributed by atoms with Crippen LogP contribution in [0.15, 0.2) is 6.07 Å². The Labute approximate surface area is 93.5 Å². The molecule has 1 heterocycles. The highest BCUT2D eigenvalue weighted by Crippen LogP contribution is 2.12. The van der Waals surface area contributed by atoms with Gasteiger partial charge in [0.1, 0.15) is 17.5 Å². The summed E-state index contributed by atoms with van der Waals surface area (Å²) in [6.45, 7) is 4.20. The first-order valence-electron chi connectivity index (χ1n) is 5.29. The third-order valence-corrected chi connectivity index (χ3v) is 1.88. The van der Waals surface area contributed by atoms with Gasteiger partial charge >= 0.3 is 0 Å². The maximum atomic E-state index is 12.0. The van der Waals surface area contributed by atoms with Gasteiger partial charge in [0.05, 0.1) is 6.54 Å². The third-order valence-electron chi connectivity index (χ3n) is 1.88. The molecule has 90 valence electrons. The maximum Gasteiger partial charge on any atom is 0.255 e. The number of nitrogens with zero attached hydrogens (tertiary/aromatic N) is 2. The number of nitrogens with one attached hydrogen (secondary N) is 2. The molecule has 1 rings (SSSR count). The van der Waals surface area contributed by atoms with E-state index < -0.39 is 13.0 Å². The predicted octanol–water partition coefficient (Wildman–Crippen LogP) is 2.15. The van der Waals surface area contributed by atoms with Gasteiger partial charge in [0.15, 0.2) is 0 Å². The largest absolute Gasteiger partial charge is 0.370 e. The molecule has 1 aromatic heterocycles. The Morgan fingerprint density at radius 2 is 1.81 bits per heavy atom. The summed E-state index contributed by atoms with van der Waals surface area (Å²) in [5.74, 6) is 1.73. The monoisotopic (exact) mass is 230 g/mol. The number of rotatable bonds is 6. The average Bonchev–Trinajstić information content (AvgIpc) is 2.26. The van der Waals surface area contributed by atoms with Gasteiger partial charge in [-0.25, -0.2) is 18.7 Å². The number of anilines is 2. The molecule has 0 saturated carbocycles. The van der Waals surface area contributed by atoms with Crippen LogP contribution in [0.3, 0.4) is 0 Å². The van der Waals surface area contributed by atoms with Crippen molar-refractivity contribution in [1.82, 2.24) is 9.97 Å². The van der Waals surface area contributed by atoms with Gasteiger partial charge in [-0.1, -0.05) is 6.92 Å². The van der Waals surface area contributed by atoms with Crippen LogP contribution in [0, 0.1) is 0 Å². The van der Waals surface area contributed by atoms with Crippen molar-refractivity contribution < 1.29 is 8.78 Å². The van der Waals surface area contributed by atoms with E-state index in [2.05, 4.69) is 20.6 Å². The van der Waals surface area contributed by atoms with Crippen molar-refractivity contribution in [3.8, 4) is 0 Å². The first-order valence-corrected chi connectivity index (χ1v) is 5.29. The van der Waals surface area contributed by atoms with E-state index in [0.29, 0.717) is 23.9 Å². The molecule has 16 heavy (non-hydrogen) atoms. The number of alkyl halides is 2. The van der Waals surface area contributed by atoms with Gasteiger partial charge in [-0.2, -0.15) is 0 Å². The molecule has 0 aliphatic rings. The summed E-state index contributed by atoms with van der Waals surface area (Å²) >= 11 is 0. The van der Waals surface area contributed by atoms with E-state index in [1.807, 2.05) is 13.8 Å². The summed E-state index contributed by atoms with van der Waals surface area (Å²) in [5, 5.41) is 5.61. The van der Waals surface area contributed by atoms with E-state index in [9.17, 15) is 8.78 Å². The molecule has 6 heteroatoms. The van der Waals surface area contributed by atoms with Gasteiger partial charge in [-0.05, 0) is 6.92 Å². The zero-order valence-corrected chi connectivity index (χ0v) is 9.43. The summed E-state index contributed by atoms with van der Waals surface area (Å²) in [7, 11) is 0. The highest BCUT2D eigenvalue weighted by atomic mass is 19.3. The Bertz CT molecular complexity index is 331. The Morgan fingerprint density at radius 1 is 1.19 bits per heavy atom. The zero-order chi connectivity index (χ0) is 12.0. The Hall–Kier alpha value is -1.46. The van der Waals surface area contributed by atoms with Crippen LogP contribution in [0.2, 0.25) is 0 Å². The molecule has 0 radical (unpaired) electrons. The lowest BCUT2D eigenvalue weighted by Crippen LogP contribution is -2.13. The number of aromatic nitrogens is 2. The van der Waals surface area contributed by atoms with E-state index in [0.717, 1.165) is 6.54 Å². The first kappa shape index (κ1) is 12.6. The van der Waals surface area contributed by atoms with Gasteiger partial charge < -0.3 is 10.6 Å². The highest BCUT2D eigenvalue weighted by Gasteiger charge is 2.05. The molecule has 0 saturated heterocycles. The molecule has 0 fully saturated rings. The lowest BCUT2D eigenvalue weighted by Gasteiger charge is -2.09. The standard InChI is InChI=1S/C10H16F2N4/c1-3-8-15-9(13-4-2)5-10(16-8)14-6-7(11)12/h5,7H,3-4,6H2,1-2H3,(H2,13,14,15,16). The first-order chi connectivity index (χ1) is 7.65. The fraction of sp³-hybridized carbons (Fsp3) is 0.600. The molecule has 0 spiro atoms. The third kappa shape index (κ3) is 3.96. The number of hydrogen-bond donors (Lipinski definition) is 2. The summed E-state index contributed by atoms with van der Waals surface area (Å²) in [4.78, 5) is 8.33. The second kappa shape index (κ2) is 6.19. The smallest absolute Gasteiger partial charge is 0.255 e. The van der Waals surface area contributed by atoms with Crippen LogP contribution in [0.25, 0.3) is 0 Å². The van der Waals surface area contributed by atoms with Crippen molar-refractivity contribution >= 4 is 11.6 Å². The van der Waals surface area contributed by atoms with E-state index >= 15 is 0 Å². The number of aryl methyl sites for hydroxylation is 1. The van der Waals surface area contributed by atoms with Crippen LogP contribution >= 0.6 is 0 Å². The number of halogens is 2. The molecule has 4 nitrogen and oxygen atoms in total. The van der Waals surface area contributed by atoms with Crippen molar-refractivity contribution in [3.05, 3.63) is 11.9 Å². The maximum absolute atomic E-state index is 12.0. The quantitative estimate of drug-likeness (QED) is 0.786. The van der Waals surface area contributed by atoms with Crippen molar-refractivity contribution in [3.63, 3.8) is 0 Å². The molecule has 0 amide bonds. The molecule has 0 bridgehead atoms. The van der Waals surface area contributed by atoms with Gasteiger partial charge in [-0.15, -0.1) is 0 Å². The SMILES string of the molecule is CCNc1cc(NCC(F)F)nc(CC)n1. The van der Waals surface area contributed by atoms with Crippen LogP contribution in [0.4, 0.5) is 20.4 Å². The van der Waals surface area contributed by atoms with Gasteiger partial charge in [0, 0.05) is 19.0 Å². The van der Waals surface area contributed by atoms with E-state index in [4.69, 9.17) is 0 Å². The van der Waals surface area contributed by atoms with Crippen LogP contribution in [-0.2, 0) is 6.42 Å². The second-order valence-electron chi connectivity index (χ2n) is 3.21. The highest BCUT2D eigenvalue weighted by molar-refractivity contribution is 5.47. The Kier molecular flexibility index (Phi) is 4.88. The minimum Gasteiger partial charge on any atom is -0.370 e. The molecule has 1 aromatic rings. The Morgan fingerprint density at radius 3 is 2.31 bits per heavy atom. The second-order valence-corrected chi connectivity index (χ2v) is 3.21. The Balaban J connectivity index is 2.77. The lowest BCUT2D eigenvalue weighted by atomic mass is 10.4. The topological polar surface area (TPSA) is 49.8 Å². The molecule has 2 N–H and O–H groups in total. The predicted molar refractivity (Wildman–Crippen MR) is 60.1 cm³/mol. The summed E-state index contributed by atoms with van der Waals surface area (Å²) in [5.41, 5.74) is 0. The fourth-order valence-electron chi connectivity index (χ4n) is 1.20. The normalized spacial score (nSPS) is 10.6. The molecule has 0 atom stereocenters. The van der Waals surface area contributed by atoms with Gasteiger partial charge in [0.25, 0.3) is 6.43 Å². The van der Waals surface area contributed by atoms with Gasteiger partial charge in [-0.3, -0.25) is 0 Å². The van der Waals surface area contributed by atoms with Crippen molar-refractivity contribution in [2.45, 2.75) is 26.7 Å². The molecule has 0 aromatic carbocycles. The van der Waals surface area contributed by atoms with Crippen LogP contribution in [-0.4, -0.2) is 29.5 Å². The lowest BCUT2D eigenvalue weighted by molar-refractivity contribution is 0.163. The minimum atomic E-state index is -2.39. The molecule has 0 unspecified atom stereocenters. The summed E-state index contributed by atoms with van der Waals surface area (Å²) < 4.78 is 24.1. The van der Waals surface area contributed by atoms with Crippen molar-refractivity contribution in [2.24, 2.45) is 0 Å². The van der Waals surface area contributed by atoms with E-state index in [1.165, 1.54) is 0 Å². The summed E-state index contributed by atoms with van der Waals surface area (Å²) in [6.07, 6.45) is -1.72. The number of hydrogen-bond acceptors (Lipinski definition) is 4. The van der Waals surface area contributed by atoms with Crippen molar-refractivity contribution in [1.29, 1.82) is 0 Å². The van der Waals surface area contributed by atoms with E-state index in [-0.39, 0.29) is 0 Å². The van der Waals surface area contributed by atoms with E-state index in [1.54, 1.807) is 6.07 Å². The van der Waals surface area contributed by atoms with Gasteiger partial charge in [0.2, 0.25) is 0 Å². The molecule has 0 aliphatic heterocycles. The average molecular weight is 230 g/mol. The minimum absolute atomic E-state index is 0.397. The van der Waals surface area contributed by atoms with Crippen LogP contribution in [0.5, 0.6) is 0 Å².